The number of amides is 1. The van der Waals surface area contributed by atoms with Gasteiger partial charge < -0.3 is 10.3 Å². The molecule has 0 atom stereocenters. The van der Waals surface area contributed by atoms with Crippen molar-refractivity contribution in [2.45, 2.75) is 24.1 Å². The number of hydrogen-bond donors (Lipinski definition) is 2. The summed E-state index contributed by atoms with van der Waals surface area (Å²) >= 11 is 3.58. The fourth-order valence-corrected chi connectivity index (χ4v) is 1.67. The maximum atomic E-state index is 11.6. The topological polar surface area (TPSA) is 44.9 Å². The molecule has 1 amide bonds. The Balaban J connectivity index is 1.93. The fourth-order valence-electron chi connectivity index (χ4n) is 1.33. The molecule has 0 radical (unpaired) electrons. The average molecular weight is 257 g/mol. The van der Waals surface area contributed by atoms with Crippen LogP contribution in [0.5, 0.6) is 0 Å². The third kappa shape index (κ3) is 2.00. The van der Waals surface area contributed by atoms with Crippen LogP contribution in [0, 0.1) is 6.92 Å². The van der Waals surface area contributed by atoms with Crippen LogP contribution in [0.15, 0.2) is 12.4 Å². The Morgan fingerprint density at radius 1 is 1.64 bits per heavy atom. The van der Waals surface area contributed by atoms with Crippen molar-refractivity contribution in [2.24, 2.45) is 0 Å². The molecule has 1 aliphatic carbocycles. The van der Waals surface area contributed by atoms with Crippen molar-refractivity contribution in [3.63, 3.8) is 0 Å². The van der Waals surface area contributed by atoms with Crippen LogP contribution in [-0.4, -0.2) is 21.8 Å². The van der Waals surface area contributed by atoms with E-state index in [0.717, 1.165) is 30.5 Å². The van der Waals surface area contributed by atoms with Gasteiger partial charge in [0.15, 0.2) is 0 Å². The molecule has 0 aromatic carbocycles. The number of halogens is 1. The van der Waals surface area contributed by atoms with Gasteiger partial charge in [-0.3, -0.25) is 4.79 Å². The SMILES string of the molecule is Cc1c[nH]cc1C(=O)NCC1(Br)CC1. The van der Waals surface area contributed by atoms with Crippen LogP contribution < -0.4 is 5.32 Å². The van der Waals surface area contributed by atoms with Gasteiger partial charge in [0.05, 0.1) is 5.56 Å². The third-order valence-electron chi connectivity index (χ3n) is 2.56. The van der Waals surface area contributed by atoms with Gasteiger partial charge in [-0.25, -0.2) is 0 Å². The summed E-state index contributed by atoms with van der Waals surface area (Å²) in [6.07, 6.45) is 5.87. The molecule has 1 aromatic rings. The molecule has 0 bridgehead atoms. The number of hydrogen-bond acceptors (Lipinski definition) is 1. The van der Waals surface area contributed by atoms with Crippen molar-refractivity contribution < 1.29 is 4.79 Å². The standard InChI is InChI=1S/C10H13BrN2O/c1-7-4-12-5-8(7)9(14)13-6-10(11)2-3-10/h4-5,12H,2-3,6H2,1H3,(H,13,14). The molecule has 0 aliphatic heterocycles. The number of carbonyl (C=O) groups excluding carboxylic acids is 1. The van der Waals surface area contributed by atoms with Gasteiger partial charge in [-0.15, -0.1) is 0 Å². The van der Waals surface area contributed by atoms with Crippen LogP contribution >= 0.6 is 15.9 Å². The van der Waals surface area contributed by atoms with Crippen molar-refractivity contribution in [1.82, 2.24) is 10.3 Å². The highest BCUT2D eigenvalue weighted by molar-refractivity contribution is 9.10. The molecule has 0 spiro atoms. The second-order valence-electron chi connectivity index (χ2n) is 3.89. The Hall–Kier alpha value is -0.770. The lowest BCUT2D eigenvalue weighted by atomic mass is 10.2. The minimum absolute atomic E-state index is 0.00877. The van der Waals surface area contributed by atoms with Crippen LogP contribution in [-0.2, 0) is 0 Å². The van der Waals surface area contributed by atoms with Gasteiger partial charge in [0.2, 0.25) is 0 Å². The van der Waals surface area contributed by atoms with Gasteiger partial charge in [-0.1, -0.05) is 15.9 Å². The molecular formula is C10H13BrN2O. The molecule has 14 heavy (non-hydrogen) atoms. The first-order valence-corrected chi connectivity index (χ1v) is 5.51. The van der Waals surface area contributed by atoms with E-state index in [-0.39, 0.29) is 10.2 Å². The first-order valence-electron chi connectivity index (χ1n) is 4.71. The van der Waals surface area contributed by atoms with E-state index in [1.165, 1.54) is 0 Å². The predicted molar refractivity (Wildman–Crippen MR) is 58.8 cm³/mol. The largest absolute Gasteiger partial charge is 0.367 e. The van der Waals surface area contributed by atoms with Gasteiger partial charge in [-0.05, 0) is 25.3 Å². The molecule has 0 saturated heterocycles. The number of aromatic amines is 1. The molecule has 1 fully saturated rings. The quantitative estimate of drug-likeness (QED) is 0.799. The van der Waals surface area contributed by atoms with E-state index < -0.39 is 0 Å². The summed E-state index contributed by atoms with van der Waals surface area (Å²) in [6.45, 7) is 2.64. The molecule has 2 N–H and O–H groups in total. The molecule has 1 saturated carbocycles. The Morgan fingerprint density at radius 3 is 2.86 bits per heavy atom. The van der Waals surface area contributed by atoms with E-state index in [2.05, 4.69) is 26.2 Å². The molecular weight excluding hydrogens is 244 g/mol. The summed E-state index contributed by atoms with van der Waals surface area (Å²) in [6, 6.07) is 0. The van der Waals surface area contributed by atoms with Crippen LogP contribution in [0.3, 0.4) is 0 Å². The lowest BCUT2D eigenvalue weighted by Crippen LogP contribution is -2.30. The van der Waals surface area contributed by atoms with Gasteiger partial charge in [0, 0.05) is 23.3 Å². The summed E-state index contributed by atoms with van der Waals surface area (Å²) in [5.74, 6) is 0.00877. The predicted octanol–water partition coefficient (Wildman–Crippen LogP) is 1.98. The maximum absolute atomic E-state index is 11.6. The minimum atomic E-state index is 0.00877. The van der Waals surface area contributed by atoms with Crippen LogP contribution in [0.25, 0.3) is 0 Å². The zero-order chi connectivity index (χ0) is 10.2. The summed E-state index contributed by atoms with van der Waals surface area (Å²) in [5, 5.41) is 2.92. The first-order chi connectivity index (χ1) is 6.61. The molecule has 3 nitrogen and oxygen atoms in total. The third-order valence-corrected chi connectivity index (χ3v) is 3.63. The highest BCUT2D eigenvalue weighted by atomic mass is 79.9. The molecule has 76 valence electrons. The van der Waals surface area contributed by atoms with Crippen molar-refractivity contribution in [2.75, 3.05) is 6.54 Å². The monoisotopic (exact) mass is 256 g/mol. The van der Waals surface area contributed by atoms with Gasteiger partial charge >= 0.3 is 0 Å². The average Bonchev–Trinajstić information content (AvgIpc) is 2.72. The fraction of sp³-hybridized carbons (Fsp3) is 0.500. The van der Waals surface area contributed by atoms with Crippen molar-refractivity contribution in [1.29, 1.82) is 0 Å². The van der Waals surface area contributed by atoms with E-state index in [1.54, 1.807) is 6.20 Å². The van der Waals surface area contributed by atoms with Gasteiger partial charge in [-0.2, -0.15) is 0 Å². The highest BCUT2D eigenvalue weighted by Gasteiger charge is 2.39. The number of nitrogens with one attached hydrogen (secondary N) is 2. The summed E-state index contributed by atoms with van der Waals surface area (Å²) < 4.78 is 0.187. The Bertz CT molecular complexity index is 355. The lowest BCUT2D eigenvalue weighted by molar-refractivity contribution is 0.0953. The Labute approximate surface area is 91.4 Å². The maximum Gasteiger partial charge on any atom is 0.253 e. The Kier molecular flexibility index (Phi) is 2.39. The van der Waals surface area contributed by atoms with E-state index in [0.29, 0.717) is 0 Å². The van der Waals surface area contributed by atoms with Crippen LogP contribution in [0.2, 0.25) is 0 Å². The summed E-state index contributed by atoms with van der Waals surface area (Å²) in [4.78, 5) is 14.6. The second kappa shape index (κ2) is 3.42. The number of aromatic nitrogens is 1. The molecule has 1 aromatic heterocycles. The van der Waals surface area contributed by atoms with E-state index in [9.17, 15) is 4.79 Å². The molecule has 4 heteroatoms. The van der Waals surface area contributed by atoms with Crippen molar-refractivity contribution in [3.05, 3.63) is 23.5 Å². The number of H-pyrrole nitrogens is 1. The second-order valence-corrected chi connectivity index (χ2v) is 5.57. The summed E-state index contributed by atoms with van der Waals surface area (Å²) in [7, 11) is 0. The van der Waals surface area contributed by atoms with E-state index in [4.69, 9.17) is 0 Å². The van der Waals surface area contributed by atoms with E-state index >= 15 is 0 Å². The normalized spacial score (nSPS) is 17.9. The van der Waals surface area contributed by atoms with Crippen molar-refractivity contribution >= 4 is 21.8 Å². The molecule has 2 rings (SSSR count). The van der Waals surface area contributed by atoms with Crippen LogP contribution in [0.1, 0.15) is 28.8 Å². The smallest absolute Gasteiger partial charge is 0.253 e. The number of alkyl halides is 1. The minimum Gasteiger partial charge on any atom is -0.367 e. The molecule has 1 heterocycles. The van der Waals surface area contributed by atoms with Crippen LogP contribution in [0.4, 0.5) is 0 Å². The number of rotatable bonds is 3. The molecule has 0 unspecified atom stereocenters. The highest BCUT2D eigenvalue weighted by Crippen LogP contribution is 2.43. The van der Waals surface area contributed by atoms with Gasteiger partial charge in [0.25, 0.3) is 5.91 Å². The van der Waals surface area contributed by atoms with Crippen molar-refractivity contribution in [3.8, 4) is 0 Å². The Morgan fingerprint density at radius 2 is 2.36 bits per heavy atom. The van der Waals surface area contributed by atoms with E-state index in [1.807, 2.05) is 13.1 Å². The summed E-state index contributed by atoms with van der Waals surface area (Å²) in [5.41, 5.74) is 1.73. The number of aryl methyl sites for hydroxylation is 1. The first kappa shape index (κ1) is 9.77. The molecule has 1 aliphatic rings. The zero-order valence-electron chi connectivity index (χ0n) is 8.06. The zero-order valence-corrected chi connectivity index (χ0v) is 9.65. The number of carbonyl (C=O) groups is 1. The van der Waals surface area contributed by atoms with Gasteiger partial charge in [0.1, 0.15) is 0 Å². The lowest BCUT2D eigenvalue weighted by Gasteiger charge is -2.08.